The molecule has 2 N–H and O–H groups in total. The Labute approximate surface area is 285 Å². The molecule has 0 aliphatic heterocycles. The van der Waals surface area contributed by atoms with Gasteiger partial charge in [0.05, 0.1) is 6.04 Å². The molecule has 7 aromatic carbocycles. The first kappa shape index (κ1) is 28.7. The maximum Gasteiger partial charge on any atom is 0.0554 e. The Balaban J connectivity index is 1.13. The van der Waals surface area contributed by atoms with E-state index in [1.54, 1.807) is 0 Å². The van der Waals surface area contributed by atoms with E-state index in [1.165, 1.54) is 64.3 Å². The fraction of sp³-hybridized carbons (Fsp3) is 0.0667. The highest BCUT2D eigenvalue weighted by atomic mass is 32.1. The van der Waals surface area contributed by atoms with Gasteiger partial charge in [0.15, 0.2) is 0 Å². The summed E-state index contributed by atoms with van der Waals surface area (Å²) < 4.78 is 2.60. The summed E-state index contributed by atoms with van der Waals surface area (Å²) in [7, 11) is 0. The van der Waals surface area contributed by atoms with Gasteiger partial charge in [-0.05, 0) is 57.5 Å². The molecule has 3 heteroatoms. The van der Waals surface area contributed by atoms with Crippen molar-refractivity contribution in [3.63, 3.8) is 0 Å². The van der Waals surface area contributed by atoms with Gasteiger partial charge in [-0.1, -0.05) is 146 Å². The van der Waals surface area contributed by atoms with Gasteiger partial charge in [0.25, 0.3) is 0 Å². The van der Waals surface area contributed by atoms with Crippen molar-refractivity contribution in [2.24, 2.45) is 0 Å². The van der Waals surface area contributed by atoms with Crippen molar-refractivity contribution in [3.05, 3.63) is 192 Å². The van der Waals surface area contributed by atoms with E-state index in [9.17, 15) is 0 Å². The summed E-state index contributed by atoms with van der Waals surface area (Å²) in [4.78, 5) is 0. The summed E-state index contributed by atoms with van der Waals surface area (Å²) in [6.07, 6.45) is 2.42. The van der Waals surface area contributed by atoms with Gasteiger partial charge in [0.1, 0.15) is 0 Å². The lowest BCUT2D eigenvalue weighted by molar-refractivity contribution is 0.603. The lowest BCUT2D eigenvalue weighted by Crippen LogP contribution is -2.21. The first-order chi connectivity index (χ1) is 23.8. The number of thiophene rings is 1. The predicted octanol–water partition coefficient (Wildman–Crippen LogP) is 12.2. The summed E-state index contributed by atoms with van der Waals surface area (Å²) in [6.45, 7) is 0.800. The summed E-state index contributed by atoms with van der Waals surface area (Å²) in [6, 6.07) is 59.3. The minimum Gasteiger partial charge on any atom is -0.354 e. The van der Waals surface area contributed by atoms with Crippen LogP contribution in [0, 0.1) is 0 Å². The van der Waals surface area contributed by atoms with Gasteiger partial charge in [0.2, 0.25) is 0 Å². The number of hydrogen-bond donors (Lipinski definition) is 2. The second-order valence-corrected chi connectivity index (χ2v) is 13.7. The van der Waals surface area contributed by atoms with Crippen LogP contribution in [0.2, 0.25) is 0 Å². The van der Waals surface area contributed by atoms with E-state index in [-0.39, 0.29) is 6.04 Å². The highest BCUT2D eigenvalue weighted by molar-refractivity contribution is 7.25. The molecule has 1 aliphatic carbocycles. The topological polar surface area (TPSA) is 24.1 Å². The van der Waals surface area contributed by atoms with E-state index in [4.69, 9.17) is 0 Å². The molecule has 9 rings (SSSR count). The Morgan fingerprint density at radius 3 is 2.00 bits per heavy atom. The largest absolute Gasteiger partial charge is 0.354 e. The molecule has 0 bridgehead atoms. The van der Waals surface area contributed by atoms with Crippen LogP contribution < -0.4 is 10.6 Å². The maximum atomic E-state index is 3.95. The van der Waals surface area contributed by atoms with Gasteiger partial charge in [0, 0.05) is 55.0 Å². The molecule has 0 radical (unpaired) electrons. The normalized spacial score (nSPS) is 14.7. The molecule has 48 heavy (non-hydrogen) atoms. The van der Waals surface area contributed by atoms with Crippen LogP contribution in [-0.2, 0) is 6.54 Å². The summed E-state index contributed by atoms with van der Waals surface area (Å²) in [5.41, 5.74) is 10.0. The van der Waals surface area contributed by atoms with Crippen LogP contribution >= 0.6 is 11.3 Å². The third kappa shape index (κ3) is 5.37. The highest BCUT2D eigenvalue weighted by Crippen LogP contribution is 2.49. The zero-order valence-corrected chi connectivity index (χ0v) is 27.3. The first-order valence-corrected chi connectivity index (χ1v) is 17.4. The minimum atomic E-state index is 0.101. The molecule has 0 spiro atoms. The summed E-state index contributed by atoms with van der Waals surface area (Å²) in [5, 5.41) is 13.0. The molecule has 2 unspecified atom stereocenters. The molecule has 0 fully saturated rings. The zero-order chi connectivity index (χ0) is 31.9. The standard InChI is InChI=1S/C45H34N2S/c1-4-14-30(15-5-1)29-46-45(40-26-37(40)31-16-6-2-7-17-31)36-24-25-41(34-21-11-10-20-33(34)36)47-42-28-44-39(35-22-12-13-23-43(35)48-44)27-38(42)32-18-8-3-9-19-32/h1-28,37,45-47H,29H2. The Kier molecular flexibility index (Phi) is 7.34. The van der Waals surface area contributed by atoms with Crippen LogP contribution in [-0.4, -0.2) is 0 Å². The number of hydrogen-bond acceptors (Lipinski definition) is 3. The van der Waals surface area contributed by atoms with Crippen molar-refractivity contribution < 1.29 is 0 Å². The first-order valence-electron chi connectivity index (χ1n) is 16.6. The SMILES string of the molecule is C1=C(C(NCc2ccccc2)c2ccc(Nc3cc4sc5ccccc5c4cc3-c3ccccc3)c3ccccc23)C1c1ccccc1. The second kappa shape index (κ2) is 12.3. The fourth-order valence-electron chi connectivity index (χ4n) is 7.15. The van der Waals surface area contributed by atoms with Crippen molar-refractivity contribution in [1.82, 2.24) is 5.32 Å². The number of anilines is 2. The van der Waals surface area contributed by atoms with E-state index in [0.29, 0.717) is 5.92 Å². The second-order valence-electron chi connectivity index (χ2n) is 12.6. The lowest BCUT2D eigenvalue weighted by Gasteiger charge is -2.22. The molecule has 230 valence electrons. The van der Waals surface area contributed by atoms with Crippen LogP contribution in [0.3, 0.4) is 0 Å². The van der Waals surface area contributed by atoms with Crippen LogP contribution in [0.5, 0.6) is 0 Å². The van der Waals surface area contributed by atoms with Crippen LogP contribution in [0.4, 0.5) is 11.4 Å². The van der Waals surface area contributed by atoms with E-state index in [0.717, 1.165) is 17.9 Å². The van der Waals surface area contributed by atoms with Gasteiger partial charge in [-0.2, -0.15) is 0 Å². The van der Waals surface area contributed by atoms with E-state index in [2.05, 4.69) is 181 Å². The van der Waals surface area contributed by atoms with E-state index in [1.807, 2.05) is 11.3 Å². The van der Waals surface area contributed by atoms with Gasteiger partial charge < -0.3 is 10.6 Å². The molecule has 1 aromatic heterocycles. The van der Waals surface area contributed by atoms with Gasteiger partial charge in [-0.15, -0.1) is 11.3 Å². The Hall–Kier alpha value is -5.48. The monoisotopic (exact) mass is 634 g/mol. The minimum absolute atomic E-state index is 0.101. The molecule has 8 aromatic rings. The maximum absolute atomic E-state index is 3.95. The predicted molar refractivity (Wildman–Crippen MR) is 205 cm³/mol. The van der Waals surface area contributed by atoms with Gasteiger partial charge in [-0.3, -0.25) is 0 Å². The van der Waals surface area contributed by atoms with Crippen LogP contribution in [0.25, 0.3) is 42.1 Å². The smallest absolute Gasteiger partial charge is 0.0554 e. The molecule has 2 nitrogen and oxygen atoms in total. The molecule has 1 aliphatic rings. The Morgan fingerprint density at radius 2 is 1.21 bits per heavy atom. The molecular formula is C45H34N2S. The summed E-state index contributed by atoms with van der Waals surface area (Å²) in [5.74, 6) is 0.359. The van der Waals surface area contributed by atoms with E-state index >= 15 is 0 Å². The third-order valence-corrected chi connectivity index (χ3v) is 10.7. The number of nitrogens with one attached hydrogen (secondary N) is 2. The quantitative estimate of drug-likeness (QED) is 0.154. The molecular weight excluding hydrogens is 601 g/mol. The number of rotatable bonds is 9. The van der Waals surface area contributed by atoms with Crippen LogP contribution in [0.15, 0.2) is 175 Å². The number of fused-ring (bicyclic) bond motifs is 4. The van der Waals surface area contributed by atoms with Crippen molar-refractivity contribution >= 4 is 53.7 Å². The summed E-state index contributed by atoms with van der Waals surface area (Å²) >= 11 is 1.86. The van der Waals surface area contributed by atoms with Crippen molar-refractivity contribution in [3.8, 4) is 11.1 Å². The number of allylic oxidation sites excluding steroid dienone is 1. The highest BCUT2D eigenvalue weighted by Gasteiger charge is 2.34. The Morgan fingerprint density at radius 1 is 0.542 bits per heavy atom. The molecule has 1 heterocycles. The average molecular weight is 635 g/mol. The molecule has 0 amide bonds. The molecule has 2 atom stereocenters. The zero-order valence-electron chi connectivity index (χ0n) is 26.4. The molecule has 0 saturated carbocycles. The Bertz CT molecular complexity index is 2430. The van der Waals surface area contributed by atoms with Crippen molar-refractivity contribution in [2.45, 2.75) is 18.5 Å². The van der Waals surface area contributed by atoms with Crippen LogP contribution in [0.1, 0.15) is 28.7 Å². The van der Waals surface area contributed by atoms with Gasteiger partial charge >= 0.3 is 0 Å². The van der Waals surface area contributed by atoms with Crippen molar-refractivity contribution in [1.29, 1.82) is 0 Å². The van der Waals surface area contributed by atoms with Gasteiger partial charge in [-0.25, -0.2) is 0 Å². The van der Waals surface area contributed by atoms with Crippen molar-refractivity contribution in [2.75, 3.05) is 5.32 Å². The molecule has 0 saturated heterocycles. The van der Waals surface area contributed by atoms with E-state index < -0.39 is 0 Å². The lowest BCUT2D eigenvalue weighted by atomic mass is 9.93. The third-order valence-electron chi connectivity index (χ3n) is 9.59. The average Bonchev–Trinajstić information content (AvgIpc) is 3.86. The fourth-order valence-corrected chi connectivity index (χ4v) is 8.28. The number of benzene rings is 7.